The summed E-state index contributed by atoms with van der Waals surface area (Å²) in [6.07, 6.45) is 4.58. The van der Waals surface area contributed by atoms with Gasteiger partial charge >= 0.3 is 0 Å². The van der Waals surface area contributed by atoms with Crippen molar-refractivity contribution in [3.05, 3.63) is 0 Å². The molecule has 0 spiro atoms. The normalized spacial score (nSPS) is 42.0. The van der Waals surface area contributed by atoms with Crippen molar-refractivity contribution in [1.82, 2.24) is 15.5 Å². The summed E-state index contributed by atoms with van der Waals surface area (Å²) in [6, 6.07) is 0.623. The summed E-state index contributed by atoms with van der Waals surface area (Å²) in [7, 11) is 0. The molecular weight excluding hydrogens is 265 g/mol. The third-order valence-corrected chi connectivity index (χ3v) is 5.69. The van der Waals surface area contributed by atoms with Gasteiger partial charge in [-0.2, -0.15) is 0 Å². The van der Waals surface area contributed by atoms with Crippen LogP contribution in [0.1, 0.15) is 46.5 Å². The van der Waals surface area contributed by atoms with Crippen molar-refractivity contribution in [3.8, 4) is 0 Å². The van der Waals surface area contributed by atoms with E-state index in [1.165, 1.54) is 19.3 Å². The van der Waals surface area contributed by atoms with Gasteiger partial charge in [0.25, 0.3) is 0 Å². The van der Waals surface area contributed by atoms with Crippen LogP contribution in [0.4, 0.5) is 4.39 Å². The quantitative estimate of drug-likeness (QED) is 0.819. The highest BCUT2D eigenvalue weighted by Gasteiger charge is 2.46. The van der Waals surface area contributed by atoms with E-state index in [9.17, 15) is 4.39 Å². The standard InChI is InChI=1S/C17H32FN3/c1-17(2,3)15-8-13-5-4-6-20-16(13)21(15)11-12-7-14(18)10-19-9-12/h12-16,19-20H,4-11H2,1-3H3. The Morgan fingerprint density at radius 1 is 1.19 bits per heavy atom. The number of hydrogen-bond donors (Lipinski definition) is 2. The zero-order valence-electron chi connectivity index (χ0n) is 13.9. The Hall–Kier alpha value is -0.190. The summed E-state index contributed by atoms with van der Waals surface area (Å²) in [6.45, 7) is 10.8. The molecule has 0 aromatic heterocycles. The number of halogens is 1. The minimum atomic E-state index is -0.658. The van der Waals surface area contributed by atoms with E-state index in [0.717, 1.165) is 32.0 Å². The molecule has 3 aliphatic heterocycles. The minimum absolute atomic E-state index is 0.302. The van der Waals surface area contributed by atoms with Crippen molar-refractivity contribution < 1.29 is 4.39 Å². The molecule has 3 saturated heterocycles. The van der Waals surface area contributed by atoms with Crippen molar-refractivity contribution in [3.63, 3.8) is 0 Å². The van der Waals surface area contributed by atoms with Gasteiger partial charge in [0.2, 0.25) is 0 Å². The highest BCUT2D eigenvalue weighted by molar-refractivity contribution is 5.00. The lowest BCUT2D eigenvalue weighted by molar-refractivity contribution is 0.0540. The van der Waals surface area contributed by atoms with E-state index in [0.29, 0.717) is 30.1 Å². The van der Waals surface area contributed by atoms with Crippen LogP contribution in [0.15, 0.2) is 0 Å². The maximum Gasteiger partial charge on any atom is 0.113 e. The van der Waals surface area contributed by atoms with Crippen LogP contribution in [0.5, 0.6) is 0 Å². The molecule has 0 aromatic rings. The van der Waals surface area contributed by atoms with Gasteiger partial charge in [-0.05, 0) is 56.0 Å². The van der Waals surface area contributed by atoms with Crippen LogP contribution in [-0.4, -0.2) is 49.5 Å². The first kappa shape index (κ1) is 15.7. The van der Waals surface area contributed by atoms with Crippen LogP contribution < -0.4 is 10.6 Å². The van der Waals surface area contributed by atoms with E-state index in [-0.39, 0.29) is 0 Å². The number of piperidine rings is 2. The maximum atomic E-state index is 13.7. The molecule has 0 amide bonds. The van der Waals surface area contributed by atoms with E-state index >= 15 is 0 Å². The summed E-state index contributed by atoms with van der Waals surface area (Å²) in [5.74, 6) is 1.25. The van der Waals surface area contributed by atoms with Crippen LogP contribution >= 0.6 is 0 Å². The van der Waals surface area contributed by atoms with E-state index in [1.807, 2.05) is 0 Å². The van der Waals surface area contributed by atoms with Gasteiger partial charge in [-0.1, -0.05) is 20.8 Å². The SMILES string of the molecule is CC(C)(C)C1CC2CCCNC2N1CC1CNCC(F)C1. The second-order valence-corrected chi connectivity index (χ2v) is 8.47. The van der Waals surface area contributed by atoms with Gasteiger partial charge in [0.05, 0.1) is 6.17 Å². The second kappa shape index (κ2) is 6.13. The summed E-state index contributed by atoms with van der Waals surface area (Å²) >= 11 is 0. The van der Waals surface area contributed by atoms with Crippen LogP contribution in [0, 0.1) is 17.3 Å². The number of alkyl halides is 1. The van der Waals surface area contributed by atoms with E-state index in [2.05, 4.69) is 36.3 Å². The molecule has 0 aromatic carbocycles. The van der Waals surface area contributed by atoms with E-state index < -0.39 is 6.17 Å². The molecule has 3 aliphatic rings. The first-order valence-electron chi connectivity index (χ1n) is 8.79. The molecule has 0 radical (unpaired) electrons. The summed E-state index contributed by atoms with van der Waals surface area (Å²) in [5, 5.41) is 7.01. The van der Waals surface area contributed by atoms with Crippen molar-refractivity contribution in [2.45, 2.75) is 64.8 Å². The fourth-order valence-corrected chi connectivity index (χ4v) is 4.69. The maximum absolute atomic E-state index is 13.7. The third-order valence-electron chi connectivity index (χ3n) is 5.69. The average molecular weight is 297 g/mol. The van der Waals surface area contributed by atoms with Gasteiger partial charge < -0.3 is 10.6 Å². The van der Waals surface area contributed by atoms with Gasteiger partial charge in [0, 0.05) is 19.1 Å². The van der Waals surface area contributed by atoms with Crippen molar-refractivity contribution in [2.75, 3.05) is 26.2 Å². The summed E-state index contributed by atoms with van der Waals surface area (Å²) < 4.78 is 13.7. The van der Waals surface area contributed by atoms with Crippen molar-refractivity contribution >= 4 is 0 Å². The highest BCUT2D eigenvalue weighted by atomic mass is 19.1. The number of rotatable bonds is 2. The van der Waals surface area contributed by atoms with Gasteiger partial charge in [-0.15, -0.1) is 0 Å². The Labute approximate surface area is 129 Å². The lowest BCUT2D eigenvalue weighted by Gasteiger charge is -2.42. The number of likely N-dealkylation sites (tertiary alicyclic amines) is 1. The molecule has 122 valence electrons. The zero-order chi connectivity index (χ0) is 15.0. The molecule has 0 aliphatic carbocycles. The third kappa shape index (κ3) is 3.43. The van der Waals surface area contributed by atoms with E-state index in [1.54, 1.807) is 0 Å². The topological polar surface area (TPSA) is 27.3 Å². The minimum Gasteiger partial charge on any atom is -0.314 e. The fraction of sp³-hybridized carbons (Fsp3) is 1.00. The molecule has 21 heavy (non-hydrogen) atoms. The van der Waals surface area contributed by atoms with Crippen molar-refractivity contribution in [1.29, 1.82) is 0 Å². The fourth-order valence-electron chi connectivity index (χ4n) is 4.69. The summed E-state index contributed by atoms with van der Waals surface area (Å²) in [5.41, 5.74) is 0.302. The molecular formula is C17H32FN3. The number of hydrogen-bond acceptors (Lipinski definition) is 3. The molecule has 3 nitrogen and oxygen atoms in total. The molecule has 2 N–H and O–H groups in total. The molecule has 5 atom stereocenters. The van der Waals surface area contributed by atoms with Gasteiger partial charge in [0.15, 0.2) is 0 Å². The predicted molar refractivity (Wildman–Crippen MR) is 85.0 cm³/mol. The first-order valence-corrected chi connectivity index (χ1v) is 8.79. The van der Waals surface area contributed by atoms with Crippen LogP contribution in [0.2, 0.25) is 0 Å². The molecule has 3 heterocycles. The Morgan fingerprint density at radius 3 is 2.71 bits per heavy atom. The number of nitrogens with one attached hydrogen (secondary N) is 2. The molecule has 0 bridgehead atoms. The molecule has 4 heteroatoms. The first-order chi connectivity index (χ1) is 9.95. The van der Waals surface area contributed by atoms with Crippen molar-refractivity contribution in [2.24, 2.45) is 17.3 Å². The molecule has 3 rings (SSSR count). The Balaban J connectivity index is 1.71. The van der Waals surface area contributed by atoms with Crippen LogP contribution in [0.3, 0.4) is 0 Å². The lowest BCUT2D eigenvalue weighted by atomic mass is 9.82. The second-order valence-electron chi connectivity index (χ2n) is 8.47. The lowest BCUT2D eigenvalue weighted by Crippen LogP contribution is -2.54. The van der Waals surface area contributed by atoms with Gasteiger partial charge in [-0.25, -0.2) is 4.39 Å². The highest BCUT2D eigenvalue weighted by Crippen LogP contribution is 2.42. The zero-order valence-corrected chi connectivity index (χ0v) is 13.9. The smallest absolute Gasteiger partial charge is 0.113 e. The molecule has 5 unspecified atom stereocenters. The van der Waals surface area contributed by atoms with Gasteiger partial charge in [-0.3, -0.25) is 4.90 Å². The Kier molecular flexibility index (Phi) is 4.58. The largest absolute Gasteiger partial charge is 0.314 e. The van der Waals surface area contributed by atoms with Crippen LogP contribution in [-0.2, 0) is 0 Å². The summed E-state index contributed by atoms with van der Waals surface area (Å²) in [4.78, 5) is 2.69. The predicted octanol–water partition coefficient (Wildman–Crippen LogP) is 2.38. The monoisotopic (exact) mass is 297 g/mol. The molecule has 0 saturated carbocycles. The number of fused-ring (bicyclic) bond motifs is 1. The average Bonchev–Trinajstić information content (AvgIpc) is 2.78. The van der Waals surface area contributed by atoms with Gasteiger partial charge in [0.1, 0.15) is 6.17 Å². The number of nitrogens with zero attached hydrogens (tertiary/aromatic N) is 1. The van der Waals surface area contributed by atoms with E-state index in [4.69, 9.17) is 0 Å². The Bertz CT molecular complexity index is 354. The van der Waals surface area contributed by atoms with Crippen LogP contribution in [0.25, 0.3) is 0 Å². The molecule has 3 fully saturated rings. The Morgan fingerprint density at radius 2 is 2.00 bits per heavy atom.